The minimum absolute atomic E-state index is 0.222. The zero-order valence-electron chi connectivity index (χ0n) is 12.9. The first-order valence-corrected chi connectivity index (χ1v) is 8.04. The summed E-state index contributed by atoms with van der Waals surface area (Å²) in [6.07, 6.45) is 3.26. The molecule has 0 amide bonds. The zero-order valence-corrected chi connectivity index (χ0v) is 14.5. The molecule has 0 aliphatic heterocycles. The van der Waals surface area contributed by atoms with Crippen LogP contribution < -0.4 is 10.1 Å². The van der Waals surface area contributed by atoms with Gasteiger partial charge in [-0.05, 0) is 49.6 Å². The average Bonchev–Trinajstić information content (AvgIpc) is 2.47. The predicted molar refractivity (Wildman–Crippen MR) is 87.6 cm³/mol. The van der Waals surface area contributed by atoms with Crippen LogP contribution in [0.2, 0.25) is 0 Å². The maximum atomic E-state index is 5.62. The Labute approximate surface area is 131 Å². The van der Waals surface area contributed by atoms with E-state index in [2.05, 4.69) is 41.2 Å². The van der Waals surface area contributed by atoms with Crippen molar-refractivity contribution in [3.8, 4) is 5.75 Å². The fourth-order valence-corrected chi connectivity index (χ4v) is 2.76. The lowest BCUT2D eigenvalue weighted by Gasteiger charge is -2.27. The summed E-state index contributed by atoms with van der Waals surface area (Å²) in [7, 11) is 3.49. The van der Waals surface area contributed by atoms with Crippen molar-refractivity contribution >= 4 is 15.9 Å². The first kappa shape index (κ1) is 17.5. The molecule has 0 aliphatic carbocycles. The molecule has 1 aromatic carbocycles. The summed E-state index contributed by atoms with van der Waals surface area (Å²) in [6, 6.07) is 6.41. The maximum Gasteiger partial charge on any atom is 0.119 e. The lowest BCUT2D eigenvalue weighted by atomic mass is 9.99. The van der Waals surface area contributed by atoms with Crippen molar-refractivity contribution in [2.24, 2.45) is 0 Å². The van der Waals surface area contributed by atoms with Crippen LogP contribution in [0.3, 0.4) is 0 Å². The van der Waals surface area contributed by atoms with Gasteiger partial charge in [-0.15, -0.1) is 0 Å². The highest BCUT2D eigenvalue weighted by molar-refractivity contribution is 9.10. The van der Waals surface area contributed by atoms with E-state index < -0.39 is 0 Å². The van der Waals surface area contributed by atoms with E-state index in [0.717, 1.165) is 36.0 Å². The van der Waals surface area contributed by atoms with Gasteiger partial charge in [0.25, 0.3) is 0 Å². The Bertz CT molecular complexity index is 394. The Morgan fingerprint density at radius 3 is 2.55 bits per heavy atom. The van der Waals surface area contributed by atoms with Crippen molar-refractivity contribution in [1.29, 1.82) is 0 Å². The fraction of sp³-hybridized carbons (Fsp3) is 0.625. The molecule has 0 bridgehead atoms. The summed E-state index contributed by atoms with van der Waals surface area (Å²) in [6.45, 7) is 5.35. The lowest BCUT2D eigenvalue weighted by Crippen LogP contribution is -2.42. The molecule has 0 saturated carbocycles. The molecule has 114 valence electrons. The second kappa shape index (κ2) is 9.37. The van der Waals surface area contributed by atoms with Gasteiger partial charge in [-0.3, -0.25) is 0 Å². The second-order valence-electron chi connectivity index (χ2n) is 4.90. The van der Waals surface area contributed by atoms with Crippen LogP contribution in [0, 0.1) is 0 Å². The third-order valence-electron chi connectivity index (χ3n) is 3.50. The number of hydrogen-bond donors (Lipinski definition) is 1. The van der Waals surface area contributed by atoms with Crippen LogP contribution in [0.4, 0.5) is 0 Å². The van der Waals surface area contributed by atoms with Crippen molar-refractivity contribution in [3.63, 3.8) is 0 Å². The molecule has 0 aromatic heterocycles. The fourth-order valence-electron chi connectivity index (χ4n) is 2.35. The number of halogens is 1. The molecule has 0 aliphatic rings. The zero-order chi connectivity index (χ0) is 15.0. The molecule has 0 heterocycles. The van der Waals surface area contributed by atoms with Gasteiger partial charge in [-0.25, -0.2) is 0 Å². The van der Waals surface area contributed by atoms with Crippen molar-refractivity contribution in [1.82, 2.24) is 5.32 Å². The van der Waals surface area contributed by atoms with E-state index in [1.807, 2.05) is 12.1 Å². The smallest absolute Gasteiger partial charge is 0.119 e. The van der Waals surface area contributed by atoms with E-state index in [0.29, 0.717) is 6.04 Å². The molecule has 0 saturated heterocycles. The summed E-state index contributed by atoms with van der Waals surface area (Å²) in [5, 5.41) is 3.60. The van der Waals surface area contributed by atoms with Crippen LogP contribution in [0.5, 0.6) is 5.75 Å². The topological polar surface area (TPSA) is 30.5 Å². The Hall–Kier alpha value is -0.580. The molecule has 0 fully saturated rings. The molecule has 1 rings (SSSR count). The number of benzene rings is 1. The molecule has 4 heteroatoms. The SMILES string of the molecule is CCCNC(Cc1cc(OC)ccc1Br)C(CC)OC. The minimum atomic E-state index is 0.222. The molecule has 2 unspecified atom stereocenters. The third kappa shape index (κ3) is 5.08. The summed E-state index contributed by atoms with van der Waals surface area (Å²) < 4.78 is 12.0. The third-order valence-corrected chi connectivity index (χ3v) is 4.28. The number of methoxy groups -OCH3 is 2. The normalized spacial score (nSPS) is 14.1. The van der Waals surface area contributed by atoms with E-state index >= 15 is 0 Å². The first-order valence-electron chi connectivity index (χ1n) is 7.24. The Morgan fingerprint density at radius 2 is 2.00 bits per heavy atom. The van der Waals surface area contributed by atoms with Gasteiger partial charge < -0.3 is 14.8 Å². The van der Waals surface area contributed by atoms with Crippen molar-refractivity contribution < 1.29 is 9.47 Å². The van der Waals surface area contributed by atoms with Gasteiger partial charge in [0.15, 0.2) is 0 Å². The standard InChI is InChI=1S/C16H26BrNO2/c1-5-9-18-15(16(6-2)20-4)11-12-10-13(19-3)7-8-14(12)17/h7-8,10,15-16,18H,5-6,9,11H2,1-4H3. The Kier molecular flexibility index (Phi) is 8.19. The molecule has 20 heavy (non-hydrogen) atoms. The quantitative estimate of drug-likeness (QED) is 0.739. The van der Waals surface area contributed by atoms with E-state index in [-0.39, 0.29) is 6.10 Å². The van der Waals surface area contributed by atoms with Crippen LogP contribution in [-0.2, 0) is 11.2 Å². The van der Waals surface area contributed by atoms with Gasteiger partial charge in [-0.1, -0.05) is 29.8 Å². The highest BCUT2D eigenvalue weighted by atomic mass is 79.9. The van der Waals surface area contributed by atoms with Crippen LogP contribution in [0.25, 0.3) is 0 Å². The highest BCUT2D eigenvalue weighted by Crippen LogP contribution is 2.24. The monoisotopic (exact) mass is 343 g/mol. The number of rotatable bonds is 9. The molecule has 0 radical (unpaired) electrons. The highest BCUT2D eigenvalue weighted by Gasteiger charge is 2.20. The number of hydrogen-bond acceptors (Lipinski definition) is 3. The number of nitrogens with one attached hydrogen (secondary N) is 1. The van der Waals surface area contributed by atoms with Gasteiger partial charge in [0.1, 0.15) is 5.75 Å². The Morgan fingerprint density at radius 1 is 1.25 bits per heavy atom. The van der Waals surface area contributed by atoms with Gasteiger partial charge >= 0.3 is 0 Å². The van der Waals surface area contributed by atoms with Crippen LogP contribution >= 0.6 is 15.9 Å². The van der Waals surface area contributed by atoms with Gasteiger partial charge in [-0.2, -0.15) is 0 Å². The molecular weight excluding hydrogens is 318 g/mol. The van der Waals surface area contributed by atoms with Crippen LogP contribution in [-0.4, -0.2) is 32.9 Å². The maximum absolute atomic E-state index is 5.62. The number of ether oxygens (including phenoxy) is 2. The predicted octanol–water partition coefficient (Wildman–Crippen LogP) is 3.79. The van der Waals surface area contributed by atoms with Gasteiger partial charge in [0, 0.05) is 17.6 Å². The lowest BCUT2D eigenvalue weighted by molar-refractivity contribution is 0.0653. The second-order valence-corrected chi connectivity index (χ2v) is 5.76. The summed E-state index contributed by atoms with van der Waals surface area (Å²) in [5.41, 5.74) is 1.24. The average molecular weight is 344 g/mol. The molecule has 0 spiro atoms. The summed E-state index contributed by atoms with van der Waals surface area (Å²) >= 11 is 3.63. The van der Waals surface area contributed by atoms with E-state index in [9.17, 15) is 0 Å². The van der Waals surface area contributed by atoms with E-state index in [1.165, 1.54) is 5.56 Å². The van der Waals surface area contributed by atoms with Crippen LogP contribution in [0.1, 0.15) is 32.3 Å². The van der Waals surface area contributed by atoms with E-state index in [4.69, 9.17) is 9.47 Å². The molecule has 2 atom stereocenters. The molecule has 3 nitrogen and oxygen atoms in total. The summed E-state index contributed by atoms with van der Waals surface area (Å²) in [4.78, 5) is 0. The van der Waals surface area contributed by atoms with Crippen molar-refractivity contribution in [2.45, 2.75) is 45.3 Å². The minimum Gasteiger partial charge on any atom is -0.497 e. The Balaban J connectivity index is 2.87. The molecule has 1 N–H and O–H groups in total. The summed E-state index contributed by atoms with van der Waals surface area (Å²) in [5.74, 6) is 0.892. The van der Waals surface area contributed by atoms with Gasteiger partial charge in [0.05, 0.1) is 13.2 Å². The molecule has 1 aromatic rings. The first-order chi connectivity index (χ1) is 9.65. The van der Waals surface area contributed by atoms with Crippen molar-refractivity contribution in [2.75, 3.05) is 20.8 Å². The van der Waals surface area contributed by atoms with Gasteiger partial charge in [0.2, 0.25) is 0 Å². The van der Waals surface area contributed by atoms with Crippen molar-refractivity contribution in [3.05, 3.63) is 28.2 Å². The van der Waals surface area contributed by atoms with Crippen LogP contribution in [0.15, 0.2) is 22.7 Å². The largest absolute Gasteiger partial charge is 0.497 e. The van der Waals surface area contributed by atoms with E-state index in [1.54, 1.807) is 14.2 Å². The molecular formula is C16H26BrNO2.